The number of H-pyrrole nitrogens is 1. The van der Waals surface area contributed by atoms with Crippen molar-refractivity contribution >= 4 is 21.7 Å². The van der Waals surface area contributed by atoms with E-state index in [1.807, 2.05) is 25.1 Å². The molecule has 0 fully saturated rings. The van der Waals surface area contributed by atoms with Crippen LogP contribution in [0.15, 0.2) is 35.1 Å². The normalized spacial score (nSPS) is 11.3. The molecule has 108 valence electrons. The van der Waals surface area contributed by atoms with E-state index in [4.69, 9.17) is 0 Å². The molecule has 0 saturated heterocycles. The molecule has 0 spiro atoms. The SMILES string of the molecule is CCCCCc1cc2ccccc2c2nc(=O)[nH]c(C)c12. The summed E-state index contributed by atoms with van der Waals surface area (Å²) in [5.74, 6) is 0. The standard InChI is InChI=1S/C18H20N2O/c1-3-4-5-9-14-11-13-8-6-7-10-15(13)17-16(14)12(2)19-18(21)20-17/h6-8,10-11H,3-5,9H2,1-2H3,(H,19,20,21). The van der Waals surface area contributed by atoms with E-state index in [9.17, 15) is 4.79 Å². The first kappa shape index (κ1) is 13.8. The third-order valence-electron chi connectivity index (χ3n) is 4.04. The van der Waals surface area contributed by atoms with Crippen LogP contribution in [0.2, 0.25) is 0 Å². The van der Waals surface area contributed by atoms with Gasteiger partial charge in [-0.05, 0) is 30.7 Å². The summed E-state index contributed by atoms with van der Waals surface area (Å²) in [6.45, 7) is 4.17. The van der Waals surface area contributed by atoms with Gasteiger partial charge in [-0.1, -0.05) is 50.1 Å². The van der Waals surface area contributed by atoms with Crippen molar-refractivity contribution in [2.24, 2.45) is 0 Å². The van der Waals surface area contributed by atoms with Crippen LogP contribution < -0.4 is 5.69 Å². The van der Waals surface area contributed by atoms with Crippen molar-refractivity contribution in [2.45, 2.75) is 39.5 Å². The molecule has 0 amide bonds. The van der Waals surface area contributed by atoms with Gasteiger partial charge >= 0.3 is 5.69 Å². The molecular weight excluding hydrogens is 260 g/mol. The van der Waals surface area contributed by atoms with Crippen LogP contribution in [-0.2, 0) is 6.42 Å². The zero-order valence-electron chi connectivity index (χ0n) is 12.6. The highest BCUT2D eigenvalue weighted by atomic mass is 16.1. The second kappa shape index (κ2) is 5.68. The summed E-state index contributed by atoms with van der Waals surface area (Å²) >= 11 is 0. The first-order valence-corrected chi connectivity index (χ1v) is 7.62. The lowest BCUT2D eigenvalue weighted by atomic mass is 9.96. The lowest BCUT2D eigenvalue weighted by Crippen LogP contribution is -2.12. The molecule has 3 nitrogen and oxygen atoms in total. The maximum absolute atomic E-state index is 11.8. The van der Waals surface area contributed by atoms with Gasteiger partial charge in [-0.2, -0.15) is 4.98 Å². The van der Waals surface area contributed by atoms with Crippen LogP contribution in [0.3, 0.4) is 0 Å². The van der Waals surface area contributed by atoms with Gasteiger partial charge in [0.1, 0.15) is 0 Å². The van der Waals surface area contributed by atoms with Crippen LogP contribution in [-0.4, -0.2) is 9.97 Å². The van der Waals surface area contributed by atoms with Gasteiger partial charge in [-0.15, -0.1) is 0 Å². The van der Waals surface area contributed by atoms with Crippen molar-refractivity contribution < 1.29 is 0 Å². The van der Waals surface area contributed by atoms with Gasteiger partial charge < -0.3 is 4.98 Å². The van der Waals surface area contributed by atoms with Crippen molar-refractivity contribution in [1.29, 1.82) is 0 Å². The smallest absolute Gasteiger partial charge is 0.309 e. The van der Waals surface area contributed by atoms with Crippen LogP contribution in [0.25, 0.3) is 21.7 Å². The van der Waals surface area contributed by atoms with Gasteiger partial charge in [0.25, 0.3) is 0 Å². The van der Waals surface area contributed by atoms with E-state index >= 15 is 0 Å². The lowest BCUT2D eigenvalue weighted by molar-refractivity contribution is 0.719. The minimum absolute atomic E-state index is 0.268. The molecule has 1 heterocycles. The highest BCUT2D eigenvalue weighted by Gasteiger charge is 2.11. The zero-order valence-corrected chi connectivity index (χ0v) is 12.6. The highest BCUT2D eigenvalue weighted by molar-refractivity contribution is 6.07. The zero-order chi connectivity index (χ0) is 14.8. The second-order valence-corrected chi connectivity index (χ2v) is 5.60. The predicted molar refractivity (Wildman–Crippen MR) is 87.8 cm³/mol. The van der Waals surface area contributed by atoms with E-state index in [1.54, 1.807) is 0 Å². The molecule has 0 saturated carbocycles. The third kappa shape index (κ3) is 2.56. The maximum atomic E-state index is 11.8. The van der Waals surface area contributed by atoms with Crippen LogP contribution >= 0.6 is 0 Å². The van der Waals surface area contributed by atoms with Crippen LogP contribution in [0, 0.1) is 6.92 Å². The molecule has 2 aromatic carbocycles. The number of aromatic nitrogens is 2. The Balaban J connectivity index is 2.31. The van der Waals surface area contributed by atoms with Gasteiger partial charge in [0.15, 0.2) is 0 Å². The fourth-order valence-corrected chi connectivity index (χ4v) is 3.03. The Labute approximate surface area is 124 Å². The van der Waals surface area contributed by atoms with Gasteiger partial charge in [0.05, 0.1) is 5.52 Å². The van der Waals surface area contributed by atoms with Crippen molar-refractivity contribution in [2.75, 3.05) is 0 Å². The van der Waals surface area contributed by atoms with Gasteiger partial charge in [0.2, 0.25) is 0 Å². The van der Waals surface area contributed by atoms with Crippen molar-refractivity contribution in [1.82, 2.24) is 9.97 Å². The number of hydrogen-bond acceptors (Lipinski definition) is 2. The molecule has 0 aliphatic heterocycles. The molecule has 0 aliphatic rings. The fourth-order valence-electron chi connectivity index (χ4n) is 3.03. The van der Waals surface area contributed by atoms with Crippen molar-refractivity contribution in [3.63, 3.8) is 0 Å². The lowest BCUT2D eigenvalue weighted by Gasteiger charge is -2.11. The summed E-state index contributed by atoms with van der Waals surface area (Å²) in [4.78, 5) is 18.8. The quantitative estimate of drug-likeness (QED) is 0.577. The minimum atomic E-state index is -0.268. The van der Waals surface area contributed by atoms with E-state index in [0.717, 1.165) is 33.8 Å². The molecular formula is C18H20N2O. The topological polar surface area (TPSA) is 45.8 Å². The monoisotopic (exact) mass is 280 g/mol. The number of nitrogens with one attached hydrogen (secondary N) is 1. The fraction of sp³-hybridized carbons (Fsp3) is 0.333. The predicted octanol–water partition coefficient (Wildman–Crippen LogP) is 4.12. The Morgan fingerprint density at radius 2 is 2.00 bits per heavy atom. The number of hydrogen-bond donors (Lipinski definition) is 1. The molecule has 0 unspecified atom stereocenters. The second-order valence-electron chi connectivity index (χ2n) is 5.60. The molecule has 0 radical (unpaired) electrons. The molecule has 0 bridgehead atoms. The molecule has 0 aliphatic carbocycles. The molecule has 3 aromatic rings. The van der Waals surface area contributed by atoms with Gasteiger partial charge in [0, 0.05) is 16.5 Å². The summed E-state index contributed by atoms with van der Waals surface area (Å²) in [7, 11) is 0. The average Bonchev–Trinajstić information content (AvgIpc) is 2.47. The van der Waals surface area contributed by atoms with E-state index in [1.165, 1.54) is 24.8 Å². The summed E-state index contributed by atoms with van der Waals surface area (Å²) in [5.41, 5.74) is 2.78. The number of aromatic amines is 1. The van der Waals surface area contributed by atoms with Crippen LogP contribution in [0.1, 0.15) is 37.4 Å². The Hall–Kier alpha value is -2.16. The Morgan fingerprint density at radius 3 is 2.81 bits per heavy atom. The van der Waals surface area contributed by atoms with Gasteiger partial charge in [-0.3, -0.25) is 0 Å². The summed E-state index contributed by atoms with van der Waals surface area (Å²) in [6, 6.07) is 10.4. The van der Waals surface area contributed by atoms with Crippen molar-refractivity contribution in [3.8, 4) is 0 Å². The molecule has 1 N–H and O–H groups in total. The molecule has 3 rings (SSSR count). The first-order chi connectivity index (χ1) is 10.2. The molecule has 3 heteroatoms. The van der Waals surface area contributed by atoms with Gasteiger partial charge in [-0.25, -0.2) is 4.79 Å². The summed E-state index contributed by atoms with van der Waals surface area (Å²) < 4.78 is 0. The van der Waals surface area contributed by atoms with Crippen LogP contribution in [0.5, 0.6) is 0 Å². The number of benzene rings is 2. The van der Waals surface area contributed by atoms with E-state index in [0.29, 0.717) is 0 Å². The Morgan fingerprint density at radius 1 is 1.19 bits per heavy atom. The van der Waals surface area contributed by atoms with E-state index in [-0.39, 0.29) is 5.69 Å². The number of rotatable bonds is 4. The highest BCUT2D eigenvalue weighted by Crippen LogP contribution is 2.29. The maximum Gasteiger partial charge on any atom is 0.345 e. The largest absolute Gasteiger partial charge is 0.345 e. The summed E-state index contributed by atoms with van der Waals surface area (Å²) in [6.07, 6.45) is 4.63. The average molecular weight is 280 g/mol. The Bertz CT molecular complexity index is 849. The minimum Gasteiger partial charge on any atom is -0.309 e. The number of nitrogens with zero attached hydrogens (tertiary/aromatic N) is 1. The van der Waals surface area contributed by atoms with E-state index in [2.05, 4.69) is 29.0 Å². The number of aryl methyl sites for hydroxylation is 2. The van der Waals surface area contributed by atoms with E-state index < -0.39 is 0 Å². The molecule has 1 aromatic heterocycles. The first-order valence-electron chi connectivity index (χ1n) is 7.62. The Kier molecular flexibility index (Phi) is 3.74. The third-order valence-corrected chi connectivity index (χ3v) is 4.04. The molecule has 21 heavy (non-hydrogen) atoms. The summed E-state index contributed by atoms with van der Waals surface area (Å²) in [5, 5.41) is 3.33. The molecule has 0 atom stereocenters. The number of fused-ring (bicyclic) bond motifs is 3. The van der Waals surface area contributed by atoms with Crippen LogP contribution in [0.4, 0.5) is 0 Å². The number of unbranched alkanes of at least 4 members (excludes halogenated alkanes) is 2. The van der Waals surface area contributed by atoms with Crippen molar-refractivity contribution in [3.05, 3.63) is 52.1 Å².